The largest absolute Gasteiger partial charge is 0.494 e. The lowest BCUT2D eigenvalue weighted by Gasteiger charge is -2.35. The van der Waals surface area contributed by atoms with E-state index in [-0.39, 0.29) is 28.9 Å². The van der Waals surface area contributed by atoms with E-state index in [0.717, 1.165) is 0 Å². The summed E-state index contributed by atoms with van der Waals surface area (Å²) in [6.45, 7) is 3.23. The number of benzene rings is 2. The average molecular weight is 464 g/mol. The fraction of sp³-hybridized carbons (Fsp3) is 0.350. The Kier molecular flexibility index (Phi) is 7.03. The smallest absolute Gasteiger partial charge is 0.321 e. The van der Waals surface area contributed by atoms with Gasteiger partial charge in [-0.2, -0.15) is 0 Å². The molecule has 1 aliphatic rings. The van der Waals surface area contributed by atoms with Crippen molar-refractivity contribution in [3.05, 3.63) is 52.6 Å². The molecule has 0 saturated carbocycles. The topological polar surface area (TPSA) is 134 Å². The first-order valence-corrected chi connectivity index (χ1v) is 11.6. The minimum absolute atomic E-state index is 0.0382. The van der Waals surface area contributed by atoms with Crippen molar-refractivity contribution in [3.8, 4) is 5.75 Å². The zero-order chi connectivity index (χ0) is 23.3. The molecule has 1 heterocycles. The molecule has 2 aromatic carbocycles. The van der Waals surface area contributed by atoms with Crippen molar-refractivity contribution < 1.29 is 22.9 Å². The molecule has 2 amide bonds. The van der Waals surface area contributed by atoms with Crippen LogP contribution in [-0.4, -0.2) is 63.3 Å². The van der Waals surface area contributed by atoms with Crippen LogP contribution in [-0.2, 0) is 10.0 Å². The van der Waals surface area contributed by atoms with E-state index >= 15 is 0 Å². The number of rotatable bonds is 7. The molecule has 2 aromatic rings. The maximum Gasteiger partial charge on any atom is 0.321 e. The van der Waals surface area contributed by atoms with Crippen molar-refractivity contribution in [1.82, 2.24) is 4.90 Å². The van der Waals surface area contributed by atoms with Crippen molar-refractivity contribution >= 4 is 38.8 Å². The minimum Gasteiger partial charge on any atom is -0.494 e. The Hall–Kier alpha value is -3.54. The van der Waals surface area contributed by atoms with E-state index in [0.29, 0.717) is 37.6 Å². The molecule has 12 heteroatoms. The number of anilines is 3. The predicted octanol–water partition coefficient (Wildman–Crippen LogP) is 2.72. The highest BCUT2D eigenvalue weighted by atomic mass is 32.2. The summed E-state index contributed by atoms with van der Waals surface area (Å²) in [5.74, 6) is 0.202. The van der Waals surface area contributed by atoms with Gasteiger partial charge in [0, 0.05) is 44.0 Å². The molecule has 0 bridgehead atoms. The number of nitro benzene ring substituents is 1. The number of carbonyl (C=O) groups excluding carboxylic acids is 1. The van der Waals surface area contributed by atoms with Gasteiger partial charge in [0.15, 0.2) is 0 Å². The van der Waals surface area contributed by atoms with Crippen LogP contribution in [0.5, 0.6) is 5.75 Å². The van der Waals surface area contributed by atoms with Gasteiger partial charge in [-0.1, -0.05) is 12.1 Å². The van der Waals surface area contributed by atoms with Crippen molar-refractivity contribution in [2.45, 2.75) is 6.92 Å². The van der Waals surface area contributed by atoms with Crippen LogP contribution in [0.4, 0.5) is 27.5 Å². The lowest BCUT2D eigenvalue weighted by atomic mass is 10.2. The molecular formula is C20H25N5O6S. The van der Waals surface area contributed by atoms with Crippen LogP contribution in [0, 0.1) is 10.1 Å². The van der Waals surface area contributed by atoms with E-state index in [1.807, 2.05) is 4.90 Å². The molecule has 0 aromatic heterocycles. The van der Waals surface area contributed by atoms with E-state index in [1.165, 1.54) is 32.2 Å². The molecule has 0 spiro atoms. The summed E-state index contributed by atoms with van der Waals surface area (Å²) < 4.78 is 31.3. The molecule has 3 rings (SSSR count). The van der Waals surface area contributed by atoms with Gasteiger partial charge in [-0.05, 0) is 25.1 Å². The molecule has 0 radical (unpaired) electrons. The Balaban J connectivity index is 1.63. The van der Waals surface area contributed by atoms with Gasteiger partial charge < -0.3 is 19.9 Å². The number of hydrogen-bond donors (Lipinski definition) is 2. The molecule has 32 heavy (non-hydrogen) atoms. The molecule has 0 aliphatic carbocycles. The molecule has 1 fully saturated rings. The monoisotopic (exact) mass is 463 g/mol. The Morgan fingerprint density at radius 2 is 1.84 bits per heavy atom. The summed E-state index contributed by atoms with van der Waals surface area (Å²) in [7, 11) is -2.06. The van der Waals surface area contributed by atoms with Crippen LogP contribution in [0.15, 0.2) is 42.5 Å². The maximum atomic E-state index is 12.7. The zero-order valence-electron chi connectivity index (χ0n) is 17.8. The first-order chi connectivity index (χ1) is 15.2. The predicted molar refractivity (Wildman–Crippen MR) is 122 cm³/mol. The van der Waals surface area contributed by atoms with Crippen molar-refractivity contribution in [1.29, 1.82) is 0 Å². The van der Waals surface area contributed by atoms with Gasteiger partial charge in [0.1, 0.15) is 11.4 Å². The van der Waals surface area contributed by atoms with Crippen LogP contribution >= 0.6 is 0 Å². The summed E-state index contributed by atoms with van der Waals surface area (Å²) in [6, 6.07) is 10.9. The number of nitro groups is 1. The summed E-state index contributed by atoms with van der Waals surface area (Å²) >= 11 is 0. The van der Waals surface area contributed by atoms with Crippen LogP contribution in [0.25, 0.3) is 0 Å². The molecule has 0 unspecified atom stereocenters. The van der Waals surface area contributed by atoms with Gasteiger partial charge >= 0.3 is 6.03 Å². The SMILES string of the molecule is CCS(=O)(=O)Nc1ccc(NC(=O)N2CCN(c3ccccc3[N+](=O)[O-])CC2)cc1OC. The first-order valence-electron chi connectivity index (χ1n) is 9.97. The number of para-hydroxylation sites is 2. The lowest BCUT2D eigenvalue weighted by Crippen LogP contribution is -2.50. The molecular weight excluding hydrogens is 438 g/mol. The number of amides is 2. The van der Waals surface area contributed by atoms with Gasteiger partial charge in [0.25, 0.3) is 5.69 Å². The third-order valence-corrected chi connectivity index (χ3v) is 6.38. The highest BCUT2D eigenvalue weighted by molar-refractivity contribution is 7.92. The molecule has 2 N–H and O–H groups in total. The Bertz CT molecular complexity index is 1100. The van der Waals surface area contributed by atoms with Crippen molar-refractivity contribution in [2.24, 2.45) is 0 Å². The third-order valence-electron chi connectivity index (χ3n) is 5.08. The minimum atomic E-state index is -3.47. The number of methoxy groups -OCH3 is 1. The number of hydrogen-bond acceptors (Lipinski definition) is 7. The van der Waals surface area contributed by atoms with E-state index in [2.05, 4.69) is 10.0 Å². The molecule has 1 saturated heterocycles. The normalized spacial score (nSPS) is 14.1. The quantitative estimate of drug-likeness (QED) is 0.476. The van der Waals surface area contributed by atoms with Gasteiger partial charge in [-0.3, -0.25) is 14.8 Å². The number of ether oxygens (including phenoxy) is 1. The van der Waals surface area contributed by atoms with Gasteiger partial charge in [0.2, 0.25) is 10.0 Å². The fourth-order valence-corrected chi connectivity index (χ4v) is 3.98. The summed E-state index contributed by atoms with van der Waals surface area (Å²) in [5, 5.41) is 14.0. The number of urea groups is 1. The van der Waals surface area contributed by atoms with Gasteiger partial charge in [-0.15, -0.1) is 0 Å². The van der Waals surface area contributed by atoms with Crippen LogP contribution in [0.1, 0.15) is 6.92 Å². The lowest BCUT2D eigenvalue weighted by molar-refractivity contribution is -0.384. The summed E-state index contributed by atoms with van der Waals surface area (Å²) in [4.78, 5) is 27.0. The van der Waals surface area contributed by atoms with Crippen molar-refractivity contribution in [2.75, 3.05) is 54.0 Å². The number of nitrogens with one attached hydrogen (secondary N) is 2. The standard InChI is InChI=1S/C20H25N5O6S/c1-3-32(29,30)22-16-9-8-15(14-19(16)31-2)21-20(26)24-12-10-23(11-13-24)17-6-4-5-7-18(17)25(27)28/h4-9,14,22H,3,10-13H2,1-2H3,(H,21,26). The van der Waals surface area contributed by atoms with Crippen LogP contribution in [0.3, 0.4) is 0 Å². The number of piperazine rings is 1. The van der Waals surface area contributed by atoms with Crippen LogP contribution < -0.4 is 19.7 Å². The molecule has 0 atom stereocenters. The van der Waals surface area contributed by atoms with Gasteiger partial charge in [0.05, 0.1) is 23.5 Å². The Morgan fingerprint density at radius 1 is 1.16 bits per heavy atom. The van der Waals surface area contributed by atoms with E-state index < -0.39 is 14.9 Å². The van der Waals surface area contributed by atoms with E-state index in [4.69, 9.17) is 4.74 Å². The highest BCUT2D eigenvalue weighted by Crippen LogP contribution is 2.30. The highest BCUT2D eigenvalue weighted by Gasteiger charge is 2.25. The fourth-order valence-electron chi connectivity index (χ4n) is 3.33. The zero-order valence-corrected chi connectivity index (χ0v) is 18.6. The Labute approximate surface area is 186 Å². The molecule has 1 aliphatic heterocycles. The molecule has 172 valence electrons. The van der Waals surface area contributed by atoms with E-state index in [9.17, 15) is 23.3 Å². The number of carbonyl (C=O) groups is 1. The van der Waals surface area contributed by atoms with Crippen molar-refractivity contribution in [3.63, 3.8) is 0 Å². The molecule has 11 nitrogen and oxygen atoms in total. The average Bonchev–Trinajstić information content (AvgIpc) is 2.80. The Morgan fingerprint density at radius 3 is 2.47 bits per heavy atom. The van der Waals surface area contributed by atoms with Crippen LogP contribution in [0.2, 0.25) is 0 Å². The second-order valence-electron chi connectivity index (χ2n) is 7.07. The third kappa shape index (κ3) is 5.38. The number of sulfonamides is 1. The maximum absolute atomic E-state index is 12.7. The number of nitrogens with zero attached hydrogens (tertiary/aromatic N) is 3. The van der Waals surface area contributed by atoms with Gasteiger partial charge in [-0.25, -0.2) is 13.2 Å². The second-order valence-corrected chi connectivity index (χ2v) is 9.08. The second kappa shape index (κ2) is 9.73. The van der Waals surface area contributed by atoms with E-state index in [1.54, 1.807) is 29.2 Å². The first kappa shape index (κ1) is 23.1. The summed E-state index contributed by atoms with van der Waals surface area (Å²) in [6.07, 6.45) is 0. The summed E-state index contributed by atoms with van der Waals surface area (Å²) in [5.41, 5.74) is 1.31.